The Hall–Kier alpha value is -0.0800. The number of hydrogen-bond acceptors (Lipinski definition) is 2. The standard InChI is InChI=1S/C12H27NO/c1-5-7-8-9-10-11(13-3)12(6-2)14-4/h11-13H,5-10H2,1-4H3. The fraction of sp³-hybridized carbons (Fsp3) is 1.00. The van der Waals surface area contributed by atoms with E-state index in [4.69, 9.17) is 4.74 Å². The van der Waals surface area contributed by atoms with E-state index in [-0.39, 0.29) is 0 Å². The highest BCUT2D eigenvalue weighted by Gasteiger charge is 2.16. The summed E-state index contributed by atoms with van der Waals surface area (Å²) in [4.78, 5) is 0. The predicted molar refractivity (Wildman–Crippen MR) is 62.7 cm³/mol. The molecule has 2 heteroatoms. The summed E-state index contributed by atoms with van der Waals surface area (Å²) in [5.74, 6) is 0. The van der Waals surface area contributed by atoms with Crippen molar-refractivity contribution in [3.05, 3.63) is 0 Å². The molecule has 2 atom stereocenters. The average Bonchev–Trinajstić information content (AvgIpc) is 2.23. The van der Waals surface area contributed by atoms with Crippen LogP contribution in [0.3, 0.4) is 0 Å². The lowest BCUT2D eigenvalue weighted by molar-refractivity contribution is 0.0641. The van der Waals surface area contributed by atoms with Crippen molar-refractivity contribution >= 4 is 0 Å². The van der Waals surface area contributed by atoms with Gasteiger partial charge in [0.15, 0.2) is 0 Å². The molecule has 0 aliphatic carbocycles. The van der Waals surface area contributed by atoms with Crippen LogP contribution in [0.2, 0.25) is 0 Å². The molecule has 0 aromatic carbocycles. The Morgan fingerprint density at radius 2 is 1.86 bits per heavy atom. The van der Waals surface area contributed by atoms with E-state index >= 15 is 0 Å². The van der Waals surface area contributed by atoms with Gasteiger partial charge >= 0.3 is 0 Å². The zero-order chi connectivity index (χ0) is 10.8. The minimum atomic E-state index is 0.377. The maximum absolute atomic E-state index is 5.45. The summed E-state index contributed by atoms with van der Waals surface area (Å²) in [6.45, 7) is 4.43. The Morgan fingerprint density at radius 3 is 2.29 bits per heavy atom. The number of hydrogen-bond donors (Lipinski definition) is 1. The van der Waals surface area contributed by atoms with Crippen LogP contribution in [-0.2, 0) is 4.74 Å². The molecule has 0 saturated carbocycles. The van der Waals surface area contributed by atoms with Gasteiger partial charge in [-0.2, -0.15) is 0 Å². The van der Waals surface area contributed by atoms with E-state index in [0.29, 0.717) is 12.1 Å². The molecule has 0 radical (unpaired) electrons. The topological polar surface area (TPSA) is 21.3 Å². The van der Waals surface area contributed by atoms with Crippen molar-refractivity contribution in [3.63, 3.8) is 0 Å². The van der Waals surface area contributed by atoms with Crippen LogP contribution in [0.25, 0.3) is 0 Å². The summed E-state index contributed by atoms with van der Waals surface area (Å²) in [7, 11) is 3.84. The van der Waals surface area contributed by atoms with E-state index in [1.54, 1.807) is 0 Å². The SMILES string of the molecule is CCCCCCC(NC)C(CC)OC. The van der Waals surface area contributed by atoms with Gasteiger partial charge in [0.2, 0.25) is 0 Å². The van der Waals surface area contributed by atoms with Crippen molar-refractivity contribution in [3.8, 4) is 0 Å². The summed E-state index contributed by atoms with van der Waals surface area (Å²) in [5.41, 5.74) is 0. The van der Waals surface area contributed by atoms with Crippen molar-refractivity contribution in [1.29, 1.82) is 0 Å². The van der Waals surface area contributed by atoms with Gasteiger partial charge in [-0.3, -0.25) is 0 Å². The normalized spacial score (nSPS) is 15.4. The first-order chi connectivity index (χ1) is 6.79. The maximum Gasteiger partial charge on any atom is 0.0721 e. The first-order valence-corrected chi connectivity index (χ1v) is 6.00. The highest BCUT2D eigenvalue weighted by molar-refractivity contribution is 4.74. The van der Waals surface area contributed by atoms with Crippen LogP contribution in [0.1, 0.15) is 52.4 Å². The van der Waals surface area contributed by atoms with Gasteiger partial charge in [-0.25, -0.2) is 0 Å². The summed E-state index contributed by atoms with van der Waals surface area (Å²) < 4.78 is 5.45. The van der Waals surface area contributed by atoms with Gasteiger partial charge in [0.05, 0.1) is 6.10 Å². The second-order valence-corrected chi connectivity index (χ2v) is 3.93. The van der Waals surface area contributed by atoms with Crippen LogP contribution in [0.4, 0.5) is 0 Å². The maximum atomic E-state index is 5.45. The molecule has 1 N–H and O–H groups in total. The van der Waals surface area contributed by atoms with Crippen molar-refractivity contribution in [2.45, 2.75) is 64.5 Å². The molecule has 0 aromatic rings. The van der Waals surface area contributed by atoms with Crippen LogP contribution in [0.15, 0.2) is 0 Å². The molecule has 0 spiro atoms. The van der Waals surface area contributed by atoms with E-state index < -0.39 is 0 Å². The Balaban J connectivity index is 3.65. The van der Waals surface area contributed by atoms with Crippen LogP contribution >= 0.6 is 0 Å². The van der Waals surface area contributed by atoms with Gasteiger partial charge in [0.25, 0.3) is 0 Å². The quantitative estimate of drug-likeness (QED) is 0.579. The second kappa shape index (κ2) is 9.47. The smallest absolute Gasteiger partial charge is 0.0721 e. The Labute approximate surface area is 89.4 Å². The summed E-state index contributed by atoms with van der Waals surface area (Å²) in [6, 6.07) is 0.529. The third-order valence-electron chi connectivity index (χ3n) is 2.89. The highest BCUT2D eigenvalue weighted by atomic mass is 16.5. The number of rotatable bonds is 9. The first-order valence-electron chi connectivity index (χ1n) is 6.00. The van der Waals surface area contributed by atoms with Crippen molar-refractivity contribution in [1.82, 2.24) is 5.32 Å². The fourth-order valence-corrected chi connectivity index (χ4v) is 1.92. The third kappa shape index (κ3) is 5.61. The first kappa shape index (κ1) is 13.9. The lowest BCUT2D eigenvalue weighted by Crippen LogP contribution is -2.38. The lowest BCUT2D eigenvalue weighted by Gasteiger charge is -2.24. The zero-order valence-electron chi connectivity index (χ0n) is 10.3. The van der Waals surface area contributed by atoms with E-state index in [1.165, 1.54) is 32.1 Å². The molecule has 2 unspecified atom stereocenters. The second-order valence-electron chi connectivity index (χ2n) is 3.93. The van der Waals surface area contributed by atoms with Crippen LogP contribution in [-0.4, -0.2) is 26.3 Å². The number of likely N-dealkylation sites (N-methyl/N-ethyl adjacent to an activating group) is 1. The summed E-state index contributed by atoms with van der Waals surface area (Å²) >= 11 is 0. The molecule has 0 aliphatic rings. The largest absolute Gasteiger partial charge is 0.380 e. The third-order valence-corrected chi connectivity index (χ3v) is 2.89. The van der Waals surface area contributed by atoms with Crippen molar-refractivity contribution in [2.24, 2.45) is 0 Å². The monoisotopic (exact) mass is 201 g/mol. The van der Waals surface area contributed by atoms with Crippen LogP contribution < -0.4 is 5.32 Å². The fourth-order valence-electron chi connectivity index (χ4n) is 1.92. The van der Waals surface area contributed by atoms with Gasteiger partial charge in [-0.1, -0.05) is 39.5 Å². The molecule has 2 nitrogen and oxygen atoms in total. The van der Waals surface area contributed by atoms with Crippen molar-refractivity contribution < 1.29 is 4.74 Å². The zero-order valence-corrected chi connectivity index (χ0v) is 10.3. The van der Waals surface area contributed by atoms with Gasteiger partial charge in [0, 0.05) is 13.2 Å². The molecule has 14 heavy (non-hydrogen) atoms. The molecule has 0 rings (SSSR count). The summed E-state index contributed by atoms with van der Waals surface area (Å²) in [5, 5.41) is 3.36. The van der Waals surface area contributed by atoms with Gasteiger partial charge in [-0.05, 0) is 19.9 Å². The number of unbranched alkanes of at least 4 members (excludes halogenated alkanes) is 3. The molecule has 0 bridgehead atoms. The summed E-state index contributed by atoms with van der Waals surface area (Å²) in [6.07, 6.45) is 8.06. The molecule has 0 saturated heterocycles. The molecule has 0 aromatic heterocycles. The molecular formula is C12H27NO. The van der Waals surface area contributed by atoms with Crippen LogP contribution in [0.5, 0.6) is 0 Å². The minimum absolute atomic E-state index is 0.377. The minimum Gasteiger partial charge on any atom is -0.380 e. The Kier molecular flexibility index (Phi) is 9.42. The molecule has 0 amide bonds. The number of ether oxygens (including phenoxy) is 1. The predicted octanol–water partition coefficient (Wildman–Crippen LogP) is 2.97. The molecule has 0 aliphatic heterocycles. The lowest BCUT2D eigenvalue weighted by atomic mass is 10.0. The average molecular weight is 201 g/mol. The van der Waals surface area contributed by atoms with E-state index in [2.05, 4.69) is 19.2 Å². The molecule has 86 valence electrons. The van der Waals surface area contributed by atoms with Crippen LogP contribution in [0, 0.1) is 0 Å². The van der Waals surface area contributed by atoms with Gasteiger partial charge in [0.1, 0.15) is 0 Å². The number of methoxy groups -OCH3 is 1. The molecular weight excluding hydrogens is 174 g/mol. The van der Waals surface area contributed by atoms with Gasteiger partial charge < -0.3 is 10.1 Å². The number of nitrogens with one attached hydrogen (secondary N) is 1. The van der Waals surface area contributed by atoms with Crippen molar-refractivity contribution in [2.75, 3.05) is 14.2 Å². The molecule has 0 heterocycles. The van der Waals surface area contributed by atoms with E-state index in [1.807, 2.05) is 14.2 Å². The van der Waals surface area contributed by atoms with E-state index in [9.17, 15) is 0 Å². The van der Waals surface area contributed by atoms with E-state index in [0.717, 1.165) is 6.42 Å². The Morgan fingerprint density at radius 1 is 1.14 bits per heavy atom. The Bertz CT molecular complexity index is 113. The molecule has 0 fully saturated rings. The highest BCUT2D eigenvalue weighted by Crippen LogP contribution is 2.11. The van der Waals surface area contributed by atoms with Gasteiger partial charge in [-0.15, -0.1) is 0 Å².